The summed E-state index contributed by atoms with van der Waals surface area (Å²) in [7, 11) is 1.34. The van der Waals surface area contributed by atoms with Crippen LogP contribution in [0.25, 0.3) is 0 Å². The fourth-order valence-electron chi connectivity index (χ4n) is 2.09. The topological polar surface area (TPSA) is 55.4 Å². The third kappa shape index (κ3) is 6.48. The van der Waals surface area contributed by atoms with Gasteiger partial charge in [-0.3, -0.25) is 4.79 Å². The molecule has 4 nitrogen and oxygen atoms in total. The van der Waals surface area contributed by atoms with Gasteiger partial charge in [0.15, 0.2) is 0 Å². The Kier molecular flexibility index (Phi) is 8.71. The van der Waals surface area contributed by atoms with Crippen LogP contribution in [0.15, 0.2) is 27.1 Å². The molecule has 0 aliphatic carbocycles. The number of benzene rings is 1. The lowest BCUT2D eigenvalue weighted by molar-refractivity contribution is -0.143. The van der Waals surface area contributed by atoms with Crippen LogP contribution in [0.2, 0.25) is 0 Å². The van der Waals surface area contributed by atoms with E-state index < -0.39 is 12.0 Å². The highest BCUT2D eigenvalue weighted by molar-refractivity contribution is 9.11. The number of esters is 1. The van der Waals surface area contributed by atoms with Gasteiger partial charge in [0.1, 0.15) is 6.04 Å². The Bertz CT molecular complexity index is 500. The van der Waals surface area contributed by atoms with Crippen LogP contribution < -0.4 is 5.32 Å². The molecule has 0 saturated heterocycles. The molecule has 0 spiro atoms. The van der Waals surface area contributed by atoms with E-state index in [9.17, 15) is 9.59 Å². The van der Waals surface area contributed by atoms with Crippen LogP contribution in [0, 0.1) is 0 Å². The first-order valence-corrected chi connectivity index (χ1v) is 8.91. The molecule has 22 heavy (non-hydrogen) atoms. The molecule has 0 aliphatic heterocycles. The molecule has 1 rings (SSSR count). The molecule has 0 saturated carbocycles. The number of hydrogen-bond acceptors (Lipinski definition) is 3. The van der Waals surface area contributed by atoms with Crippen molar-refractivity contribution in [1.29, 1.82) is 0 Å². The number of unbranched alkanes of at least 4 members (excludes halogenated alkanes) is 3. The minimum absolute atomic E-state index is 0.284. The number of hydrogen-bond donors (Lipinski definition) is 1. The molecule has 0 aromatic heterocycles. The van der Waals surface area contributed by atoms with Crippen molar-refractivity contribution in [2.45, 2.75) is 45.1 Å². The summed E-state index contributed by atoms with van der Waals surface area (Å²) in [6.45, 7) is 2.13. The number of nitrogens with one attached hydrogen (secondary N) is 1. The Labute approximate surface area is 148 Å². The summed E-state index contributed by atoms with van der Waals surface area (Å²) in [5.41, 5.74) is 0.490. The van der Waals surface area contributed by atoms with Gasteiger partial charge >= 0.3 is 5.97 Å². The van der Waals surface area contributed by atoms with Crippen molar-refractivity contribution in [1.82, 2.24) is 5.32 Å². The van der Waals surface area contributed by atoms with Crippen molar-refractivity contribution in [3.05, 3.63) is 32.7 Å². The first-order valence-electron chi connectivity index (χ1n) is 7.32. The second-order valence-electron chi connectivity index (χ2n) is 5.06. The average molecular weight is 435 g/mol. The molecule has 0 aliphatic rings. The van der Waals surface area contributed by atoms with Gasteiger partial charge in [-0.2, -0.15) is 0 Å². The van der Waals surface area contributed by atoms with Crippen LogP contribution in [0.1, 0.15) is 49.4 Å². The summed E-state index contributed by atoms with van der Waals surface area (Å²) in [4.78, 5) is 24.1. The highest BCUT2D eigenvalue weighted by Crippen LogP contribution is 2.20. The molecular weight excluding hydrogens is 414 g/mol. The number of halogens is 2. The first kappa shape index (κ1) is 19.2. The fourth-order valence-corrected chi connectivity index (χ4v) is 3.39. The predicted molar refractivity (Wildman–Crippen MR) is 93.9 cm³/mol. The summed E-state index contributed by atoms with van der Waals surface area (Å²) >= 11 is 6.70. The lowest BCUT2D eigenvalue weighted by Gasteiger charge is -2.16. The van der Waals surface area contributed by atoms with E-state index >= 15 is 0 Å². The molecule has 0 radical (unpaired) electrons. The van der Waals surface area contributed by atoms with Crippen molar-refractivity contribution in [2.75, 3.05) is 7.11 Å². The maximum atomic E-state index is 12.3. The molecule has 1 amide bonds. The van der Waals surface area contributed by atoms with E-state index in [0.717, 1.165) is 34.6 Å². The smallest absolute Gasteiger partial charge is 0.328 e. The van der Waals surface area contributed by atoms with E-state index in [2.05, 4.69) is 44.1 Å². The molecule has 1 N–H and O–H groups in total. The summed E-state index contributed by atoms with van der Waals surface area (Å²) in [6, 6.07) is 4.67. The fraction of sp³-hybridized carbons (Fsp3) is 0.500. The maximum absolute atomic E-state index is 12.3. The van der Waals surface area contributed by atoms with Gasteiger partial charge in [0.25, 0.3) is 5.91 Å². The van der Waals surface area contributed by atoms with Crippen molar-refractivity contribution in [3.63, 3.8) is 0 Å². The monoisotopic (exact) mass is 433 g/mol. The highest BCUT2D eigenvalue weighted by Gasteiger charge is 2.21. The van der Waals surface area contributed by atoms with Crippen LogP contribution in [0.4, 0.5) is 0 Å². The molecule has 0 fully saturated rings. The Morgan fingerprint density at radius 1 is 1.14 bits per heavy atom. The van der Waals surface area contributed by atoms with Gasteiger partial charge in [-0.05, 0) is 24.6 Å². The van der Waals surface area contributed by atoms with Gasteiger partial charge in [-0.15, -0.1) is 0 Å². The number of amides is 1. The van der Waals surface area contributed by atoms with Gasteiger partial charge < -0.3 is 10.1 Å². The van der Waals surface area contributed by atoms with Gasteiger partial charge in [0, 0.05) is 14.5 Å². The lowest BCUT2D eigenvalue weighted by Crippen LogP contribution is -2.41. The second kappa shape index (κ2) is 10.0. The molecule has 1 aromatic carbocycles. The molecule has 0 heterocycles. The van der Waals surface area contributed by atoms with E-state index in [1.807, 2.05) is 6.07 Å². The quantitative estimate of drug-likeness (QED) is 0.485. The molecule has 122 valence electrons. The number of rotatable bonds is 8. The van der Waals surface area contributed by atoms with Crippen LogP contribution >= 0.6 is 31.9 Å². The third-order valence-corrected chi connectivity index (χ3v) is 4.18. The largest absolute Gasteiger partial charge is 0.467 e. The van der Waals surface area contributed by atoms with E-state index in [4.69, 9.17) is 4.74 Å². The molecular formula is C16H21Br2NO3. The summed E-state index contributed by atoms with van der Waals surface area (Å²) in [6.07, 6.45) is 4.77. The van der Waals surface area contributed by atoms with E-state index in [1.54, 1.807) is 12.1 Å². The van der Waals surface area contributed by atoms with Crippen LogP contribution in [0.5, 0.6) is 0 Å². The predicted octanol–water partition coefficient (Wildman–Crippen LogP) is 4.45. The zero-order chi connectivity index (χ0) is 16.5. The molecule has 0 bridgehead atoms. The summed E-state index contributed by atoms with van der Waals surface area (Å²) < 4.78 is 6.37. The number of carbonyl (C=O) groups excluding carboxylic acids is 2. The Hall–Kier alpha value is -0.880. The highest BCUT2D eigenvalue weighted by atomic mass is 79.9. The van der Waals surface area contributed by atoms with Crippen molar-refractivity contribution in [2.24, 2.45) is 0 Å². The normalized spacial score (nSPS) is 11.8. The minimum atomic E-state index is -0.605. The third-order valence-electron chi connectivity index (χ3n) is 3.26. The molecule has 1 atom stereocenters. The number of carbonyl (C=O) groups is 2. The van der Waals surface area contributed by atoms with Crippen LogP contribution in [-0.2, 0) is 9.53 Å². The number of ether oxygens (including phenoxy) is 1. The number of methoxy groups -OCH3 is 1. The first-order chi connectivity index (χ1) is 10.5. The zero-order valence-electron chi connectivity index (χ0n) is 12.8. The van der Waals surface area contributed by atoms with Crippen molar-refractivity contribution in [3.8, 4) is 0 Å². The van der Waals surface area contributed by atoms with Gasteiger partial charge in [-0.1, -0.05) is 64.5 Å². The minimum Gasteiger partial charge on any atom is -0.467 e. The summed E-state index contributed by atoms with van der Waals surface area (Å²) in [5.74, 6) is -0.688. The van der Waals surface area contributed by atoms with Crippen molar-refractivity contribution < 1.29 is 14.3 Å². The molecule has 0 unspecified atom stereocenters. The SMILES string of the molecule is CCCCCC[C@@H](NC(=O)c1cc(Br)cc(Br)c1)C(=O)OC. The van der Waals surface area contributed by atoms with Crippen LogP contribution in [0.3, 0.4) is 0 Å². The maximum Gasteiger partial charge on any atom is 0.328 e. The standard InChI is InChI=1S/C16H21Br2NO3/c1-3-4-5-6-7-14(16(21)22-2)19-15(20)11-8-12(17)10-13(18)9-11/h8-10,14H,3-7H2,1-2H3,(H,19,20)/t14-/m1/s1. The Morgan fingerprint density at radius 3 is 2.32 bits per heavy atom. The van der Waals surface area contributed by atoms with E-state index in [-0.39, 0.29) is 5.91 Å². The lowest BCUT2D eigenvalue weighted by atomic mass is 10.1. The van der Waals surface area contributed by atoms with Gasteiger partial charge in [0.2, 0.25) is 0 Å². The Balaban J connectivity index is 2.71. The average Bonchev–Trinajstić information content (AvgIpc) is 2.48. The second-order valence-corrected chi connectivity index (χ2v) is 6.89. The van der Waals surface area contributed by atoms with Crippen molar-refractivity contribution >= 4 is 43.7 Å². The van der Waals surface area contributed by atoms with E-state index in [1.165, 1.54) is 7.11 Å². The zero-order valence-corrected chi connectivity index (χ0v) is 16.0. The molecule has 1 aromatic rings. The van der Waals surface area contributed by atoms with Crippen LogP contribution in [-0.4, -0.2) is 25.0 Å². The van der Waals surface area contributed by atoms with Gasteiger partial charge in [0.05, 0.1) is 7.11 Å². The van der Waals surface area contributed by atoms with E-state index in [0.29, 0.717) is 12.0 Å². The van der Waals surface area contributed by atoms with Gasteiger partial charge in [-0.25, -0.2) is 4.79 Å². The Morgan fingerprint density at radius 2 is 1.77 bits per heavy atom. The molecule has 6 heteroatoms. The summed E-state index contributed by atoms with van der Waals surface area (Å²) in [5, 5.41) is 2.76.